The fourth-order valence-electron chi connectivity index (χ4n) is 0.917. The summed E-state index contributed by atoms with van der Waals surface area (Å²) in [6, 6.07) is 0. The number of carbonyl (C=O) groups is 1. The van der Waals surface area contributed by atoms with Crippen molar-refractivity contribution in [1.29, 1.82) is 0 Å². The van der Waals surface area contributed by atoms with Crippen LogP contribution in [0.25, 0.3) is 0 Å². The summed E-state index contributed by atoms with van der Waals surface area (Å²) in [6.45, 7) is 5.38. The van der Waals surface area contributed by atoms with Gasteiger partial charge >= 0.3 is 5.97 Å². The zero-order chi connectivity index (χ0) is 10.7. The number of nitrogens with zero attached hydrogens (tertiary/aromatic N) is 2. The monoisotopic (exact) mass is 306 g/mol. The van der Waals surface area contributed by atoms with E-state index in [9.17, 15) is 4.79 Å². The van der Waals surface area contributed by atoms with E-state index in [1.165, 1.54) is 6.20 Å². The Morgan fingerprint density at radius 3 is 2.71 bits per heavy atom. The minimum absolute atomic E-state index is 0.124. The van der Waals surface area contributed by atoms with Crippen molar-refractivity contribution >= 4 is 28.6 Å². The SMILES string of the molecule is Cc1nc(I)ncc1C(=O)OC(C)C. The normalized spacial score (nSPS) is 10.4. The molecule has 0 saturated heterocycles. The van der Waals surface area contributed by atoms with Crippen molar-refractivity contribution in [3.8, 4) is 0 Å². The lowest BCUT2D eigenvalue weighted by Gasteiger charge is -2.08. The summed E-state index contributed by atoms with van der Waals surface area (Å²) >= 11 is 2.00. The van der Waals surface area contributed by atoms with Gasteiger partial charge in [0.1, 0.15) is 0 Å². The van der Waals surface area contributed by atoms with Crippen LogP contribution in [-0.2, 0) is 4.74 Å². The van der Waals surface area contributed by atoms with Crippen molar-refractivity contribution in [1.82, 2.24) is 9.97 Å². The number of rotatable bonds is 2. The number of halogens is 1. The Bertz CT molecular complexity index is 353. The first-order chi connectivity index (χ1) is 6.50. The van der Waals surface area contributed by atoms with Gasteiger partial charge in [-0.05, 0) is 20.8 Å². The number of ether oxygens (including phenoxy) is 1. The Kier molecular flexibility index (Phi) is 3.79. The van der Waals surface area contributed by atoms with Crippen LogP contribution in [-0.4, -0.2) is 22.0 Å². The van der Waals surface area contributed by atoms with Crippen LogP contribution < -0.4 is 0 Å². The summed E-state index contributed by atoms with van der Waals surface area (Å²) in [5.74, 6) is -0.367. The highest BCUT2D eigenvalue weighted by Crippen LogP contribution is 2.08. The number of aromatic nitrogens is 2. The highest BCUT2D eigenvalue weighted by atomic mass is 127. The zero-order valence-electron chi connectivity index (χ0n) is 8.24. The van der Waals surface area contributed by atoms with Gasteiger partial charge in [0.2, 0.25) is 0 Å². The Morgan fingerprint density at radius 1 is 1.57 bits per heavy atom. The molecule has 0 saturated carbocycles. The van der Waals surface area contributed by atoms with Crippen LogP contribution in [0.3, 0.4) is 0 Å². The average molecular weight is 306 g/mol. The maximum Gasteiger partial charge on any atom is 0.341 e. The molecular weight excluding hydrogens is 295 g/mol. The molecule has 0 amide bonds. The van der Waals surface area contributed by atoms with E-state index in [2.05, 4.69) is 9.97 Å². The molecule has 0 fully saturated rings. The fraction of sp³-hybridized carbons (Fsp3) is 0.444. The van der Waals surface area contributed by atoms with E-state index < -0.39 is 0 Å². The minimum atomic E-state index is -0.367. The quantitative estimate of drug-likeness (QED) is 0.476. The first kappa shape index (κ1) is 11.4. The second kappa shape index (κ2) is 4.68. The van der Waals surface area contributed by atoms with Crippen LogP contribution >= 0.6 is 22.6 Å². The zero-order valence-corrected chi connectivity index (χ0v) is 10.4. The molecule has 0 radical (unpaired) electrons. The van der Waals surface area contributed by atoms with Crippen LogP contribution in [0.2, 0.25) is 0 Å². The van der Waals surface area contributed by atoms with Gasteiger partial charge in [-0.25, -0.2) is 14.8 Å². The lowest BCUT2D eigenvalue weighted by molar-refractivity contribution is 0.0376. The third-order valence-electron chi connectivity index (χ3n) is 1.51. The predicted octanol–water partition coefficient (Wildman–Crippen LogP) is 1.95. The summed E-state index contributed by atoms with van der Waals surface area (Å²) < 4.78 is 5.66. The molecule has 0 aromatic carbocycles. The molecule has 0 aliphatic heterocycles. The van der Waals surface area contributed by atoms with Crippen LogP contribution in [0.4, 0.5) is 0 Å². The van der Waals surface area contributed by atoms with Gasteiger partial charge in [-0.1, -0.05) is 0 Å². The molecule has 5 heteroatoms. The van der Waals surface area contributed by atoms with Crippen molar-refractivity contribution in [2.75, 3.05) is 0 Å². The molecule has 4 nitrogen and oxygen atoms in total. The Morgan fingerprint density at radius 2 is 2.21 bits per heavy atom. The van der Waals surface area contributed by atoms with Crippen LogP contribution in [0.1, 0.15) is 29.9 Å². The van der Waals surface area contributed by atoms with Crippen LogP contribution in [0, 0.1) is 10.8 Å². The van der Waals surface area contributed by atoms with Gasteiger partial charge in [0, 0.05) is 28.8 Å². The molecule has 1 heterocycles. The summed E-state index contributed by atoms with van der Waals surface area (Å²) in [4.78, 5) is 19.5. The van der Waals surface area contributed by atoms with E-state index in [1.807, 2.05) is 22.6 Å². The lowest BCUT2D eigenvalue weighted by Crippen LogP contribution is -2.14. The highest BCUT2D eigenvalue weighted by molar-refractivity contribution is 14.1. The smallest absolute Gasteiger partial charge is 0.341 e. The Balaban J connectivity index is 2.90. The van der Waals surface area contributed by atoms with Crippen LogP contribution in [0.15, 0.2) is 6.20 Å². The second-order valence-corrected chi connectivity index (χ2v) is 4.06. The molecule has 0 unspecified atom stereocenters. The van der Waals surface area contributed by atoms with Gasteiger partial charge < -0.3 is 4.74 Å². The third kappa shape index (κ3) is 2.90. The standard InChI is InChI=1S/C9H11IN2O2/c1-5(2)14-8(13)7-4-11-9(10)12-6(7)3/h4-5H,1-3H3. The molecular formula is C9H11IN2O2. The van der Waals surface area contributed by atoms with Crippen molar-refractivity contribution in [3.05, 3.63) is 21.3 Å². The van der Waals surface area contributed by atoms with Gasteiger partial charge in [0.05, 0.1) is 17.4 Å². The third-order valence-corrected chi connectivity index (χ3v) is 2.03. The first-order valence-corrected chi connectivity index (χ1v) is 5.28. The summed E-state index contributed by atoms with van der Waals surface area (Å²) in [5, 5.41) is 0. The van der Waals surface area contributed by atoms with E-state index in [0.29, 0.717) is 15.1 Å². The lowest BCUT2D eigenvalue weighted by atomic mass is 10.2. The molecule has 0 aliphatic rings. The number of carbonyl (C=O) groups excluding carboxylic acids is 1. The maximum atomic E-state index is 11.5. The van der Waals surface area contributed by atoms with Gasteiger partial charge in [-0.15, -0.1) is 0 Å². The van der Waals surface area contributed by atoms with E-state index in [1.54, 1.807) is 20.8 Å². The Labute approximate surface area is 96.2 Å². The topological polar surface area (TPSA) is 52.1 Å². The highest BCUT2D eigenvalue weighted by Gasteiger charge is 2.13. The molecule has 14 heavy (non-hydrogen) atoms. The van der Waals surface area contributed by atoms with Crippen molar-refractivity contribution in [3.63, 3.8) is 0 Å². The van der Waals surface area contributed by atoms with Crippen molar-refractivity contribution in [2.45, 2.75) is 26.9 Å². The summed E-state index contributed by atoms with van der Waals surface area (Å²) in [7, 11) is 0. The number of hydrogen-bond donors (Lipinski definition) is 0. The first-order valence-electron chi connectivity index (χ1n) is 4.21. The second-order valence-electron chi connectivity index (χ2n) is 3.09. The molecule has 1 rings (SSSR count). The van der Waals surface area contributed by atoms with E-state index in [4.69, 9.17) is 4.74 Å². The minimum Gasteiger partial charge on any atom is -0.459 e. The van der Waals surface area contributed by atoms with Crippen molar-refractivity contribution in [2.24, 2.45) is 0 Å². The van der Waals surface area contributed by atoms with Gasteiger partial charge in [0.25, 0.3) is 0 Å². The molecule has 0 bridgehead atoms. The summed E-state index contributed by atoms with van der Waals surface area (Å²) in [6.07, 6.45) is 1.37. The summed E-state index contributed by atoms with van der Waals surface area (Å²) in [5.41, 5.74) is 1.08. The fourth-order valence-corrected chi connectivity index (χ4v) is 1.42. The molecule has 0 N–H and O–H groups in total. The van der Waals surface area contributed by atoms with Gasteiger partial charge in [-0.2, -0.15) is 0 Å². The van der Waals surface area contributed by atoms with Crippen LogP contribution in [0.5, 0.6) is 0 Å². The van der Waals surface area contributed by atoms with E-state index in [-0.39, 0.29) is 12.1 Å². The predicted molar refractivity (Wildman–Crippen MR) is 60.0 cm³/mol. The van der Waals surface area contributed by atoms with E-state index >= 15 is 0 Å². The average Bonchev–Trinajstić information content (AvgIpc) is 2.01. The maximum absolute atomic E-state index is 11.5. The number of hydrogen-bond acceptors (Lipinski definition) is 4. The van der Waals surface area contributed by atoms with Gasteiger partial charge in [-0.3, -0.25) is 0 Å². The largest absolute Gasteiger partial charge is 0.459 e. The van der Waals surface area contributed by atoms with E-state index in [0.717, 1.165) is 0 Å². The Hall–Kier alpha value is -0.720. The molecule has 1 aromatic rings. The van der Waals surface area contributed by atoms with Crippen molar-refractivity contribution < 1.29 is 9.53 Å². The molecule has 76 valence electrons. The van der Waals surface area contributed by atoms with Gasteiger partial charge in [0.15, 0.2) is 3.83 Å². The number of aryl methyl sites for hydroxylation is 1. The molecule has 0 spiro atoms. The molecule has 0 aliphatic carbocycles. The molecule has 1 aromatic heterocycles. The number of esters is 1. The molecule has 0 atom stereocenters.